The van der Waals surface area contributed by atoms with Crippen molar-refractivity contribution in [3.63, 3.8) is 0 Å². The molecule has 0 aromatic heterocycles. The zero-order valence-electron chi connectivity index (χ0n) is 12.0. The maximum atomic E-state index is 11.8. The summed E-state index contributed by atoms with van der Waals surface area (Å²) < 4.78 is 10.4. The van der Waals surface area contributed by atoms with E-state index in [0.29, 0.717) is 13.2 Å². The van der Waals surface area contributed by atoms with Crippen molar-refractivity contribution in [3.05, 3.63) is 24.3 Å². The summed E-state index contributed by atoms with van der Waals surface area (Å²) in [5.41, 5.74) is 0.817. The van der Waals surface area contributed by atoms with E-state index in [1.165, 1.54) is 0 Å². The average Bonchev–Trinajstić information content (AvgIpc) is 2.38. The van der Waals surface area contributed by atoms with Gasteiger partial charge in [-0.2, -0.15) is 0 Å². The van der Waals surface area contributed by atoms with Crippen LogP contribution in [-0.2, 0) is 4.74 Å². The van der Waals surface area contributed by atoms with Crippen LogP contribution in [0.25, 0.3) is 0 Å². The van der Waals surface area contributed by atoms with Crippen LogP contribution in [0.4, 0.5) is 10.5 Å². The second kappa shape index (κ2) is 7.63. The standard InChI is InChI=1S/C14H22N2O3/c1-11(2)15-14(17)16(3)12-5-7-13(8-6-12)19-10-9-18-4/h5-8,11H,9-10H2,1-4H3,(H,15,17). The lowest BCUT2D eigenvalue weighted by molar-refractivity contribution is 0.146. The topological polar surface area (TPSA) is 50.8 Å². The van der Waals surface area contributed by atoms with E-state index in [1.54, 1.807) is 19.1 Å². The van der Waals surface area contributed by atoms with Crippen LogP contribution in [0.5, 0.6) is 5.75 Å². The first-order valence-corrected chi connectivity index (χ1v) is 6.30. The van der Waals surface area contributed by atoms with Crippen molar-refractivity contribution in [2.45, 2.75) is 19.9 Å². The Bertz CT molecular complexity index is 390. The van der Waals surface area contributed by atoms with Crippen molar-refractivity contribution in [2.24, 2.45) is 0 Å². The molecule has 0 spiro atoms. The Kier molecular flexibility index (Phi) is 6.15. The monoisotopic (exact) mass is 266 g/mol. The molecule has 5 heteroatoms. The van der Waals surface area contributed by atoms with Crippen LogP contribution in [0.3, 0.4) is 0 Å². The molecule has 0 atom stereocenters. The third-order valence-electron chi connectivity index (χ3n) is 2.50. The minimum absolute atomic E-state index is 0.117. The number of hydrogen-bond acceptors (Lipinski definition) is 3. The Morgan fingerprint density at radius 1 is 1.26 bits per heavy atom. The number of benzene rings is 1. The highest BCUT2D eigenvalue weighted by Gasteiger charge is 2.11. The highest BCUT2D eigenvalue weighted by Crippen LogP contribution is 2.18. The van der Waals surface area contributed by atoms with E-state index >= 15 is 0 Å². The number of methoxy groups -OCH3 is 1. The lowest BCUT2D eigenvalue weighted by Gasteiger charge is -2.20. The maximum Gasteiger partial charge on any atom is 0.321 e. The largest absolute Gasteiger partial charge is 0.491 e. The molecule has 0 saturated heterocycles. The predicted octanol–water partition coefficient (Wildman–Crippen LogP) is 2.27. The van der Waals surface area contributed by atoms with Gasteiger partial charge in [0.15, 0.2) is 0 Å². The molecule has 0 bridgehead atoms. The van der Waals surface area contributed by atoms with Crippen LogP contribution in [0.1, 0.15) is 13.8 Å². The minimum Gasteiger partial charge on any atom is -0.491 e. The van der Waals surface area contributed by atoms with Gasteiger partial charge in [0, 0.05) is 25.9 Å². The van der Waals surface area contributed by atoms with E-state index in [0.717, 1.165) is 11.4 Å². The average molecular weight is 266 g/mol. The van der Waals surface area contributed by atoms with Gasteiger partial charge in [0.1, 0.15) is 12.4 Å². The van der Waals surface area contributed by atoms with Gasteiger partial charge in [-0.15, -0.1) is 0 Å². The molecular formula is C14H22N2O3. The maximum absolute atomic E-state index is 11.8. The summed E-state index contributed by atoms with van der Waals surface area (Å²) in [6, 6.07) is 7.37. The van der Waals surface area contributed by atoms with Crippen molar-refractivity contribution >= 4 is 11.7 Å². The van der Waals surface area contributed by atoms with E-state index in [4.69, 9.17) is 9.47 Å². The highest BCUT2D eigenvalue weighted by atomic mass is 16.5. The lowest BCUT2D eigenvalue weighted by atomic mass is 10.3. The lowest BCUT2D eigenvalue weighted by Crippen LogP contribution is -2.40. The fourth-order valence-electron chi connectivity index (χ4n) is 1.47. The number of rotatable bonds is 6. The SMILES string of the molecule is COCCOc1ccc(N(C)C(=O)NC(C)C)cc1. The zero-order valence-corrected chi connectivity index (χ0v) is 12.0. The number of amides is 2. The molecule has 2 amide bonds. The van der Waals surface area contributed by atoms with Gasteiger partial charge in [-0.05, 0) is 38.1 Å². The fourth-order valence-corrected chi connectivity index (χ4v) is 1.47. The first-order valence-electron chi connectivity index (χ1n) is 6.30. The van der Waals surface area contributed by atoms with E-state index in [2.05, 4.69) is 5.32 Å². The van der Waals surface area contributed by atoms with Crippen LogP contribution in [0, 0.1) is 0 Å². The molecule has 5 nitrogen and oxygen atoms in total. The van der Waals surface area contributed by atoms with Gasteiger partial charge in [0.05, 0.1) is 6.61 Å². The second-order valence-electron chi connectivity index (χ2n) is 4.50. The summed E-state index contributed by atoms with van der Waals surface area (Å²) >= 11 is 0. The molecule has 1 N–H and O–H groups in total. The predicted molar refractivity (Wildman–Crippen MR) is 75.9 cm³/mol. The van der Waals surface area contributed by atoms with E-state index in [1.807, 2.05) is 38.1 Å². The van der Waals surface area contributed by atoms with Gasteiger partial charge >= 0.3 is 6.03 Å². The Balaban J connectivity index is 2.57. The molecule has 0 aliphatic carbocycles. The normalized spacial score (nSPS) is 10.4. The molecule has 0 radical (unpaired) electrons. The van der Waals surface area contributed by atoms with Gasteiger partial charge in [0.25, 0.3) is 0 Å². The van der Waals surface area contributed by atoms with Gasteiger partial charge in [0.2, 0.25) is 0 Å². The van der Waals surface area contributed by atoms with Crippen molar-refractivity contribution in [1.29, 1.82) is 0 Å². The molecule has 0 unspecified atom stereocenters. The van der Waals surface area contributed by atoms with Gasteiger partial charge in [-0.25, -0.2) is 4.79 Å². The van der Waals surface area contributed by atoms with Crippen molar-refractivity contribution in [2.75, 3.05) is 32.3 Å². The van der Waals surface area contributed by atoms with Crippen LogP contribution < -0.4 is 15.0 Å². The first kappa shape index (κ1) is 15.3. The molecule has 0 heterocycles. The number of nitrogens with zero attached hydrogens (tertiary/aromatic N) is 1. The fraction of sp³-hybridized carbons (Fsp3) is 0.500. The van der Waals surface area contributed by atoms with Gasteiger partial charge in [-0.1, -0.05) is 0 Å². The number of urea groups is 1. The molecule has 0 aliphatic rings. The number of carbonyl (C=O) groups is 1. The Hall–Kier alpha value is -1.75. The van der Waals surface area contributed by atoms with Crippen molar-refractivity contribution < 1.29 is 14.3 Å². The second-order valence-corrected chi connectivity index (χ2v) is 4.50. The van der Waals surface area contributed by atoms with E-state index in [9.17, 15) is 4.79 Å². The smallest absolute Gasteiger partial charge is 0.321 e. The summed E-state index contributed by atoms with van der Waals surface area (Å²) in [7, 11) is 3.37. The molecule has 0 saturated carbocycles. The minimum atomic E-state index is -0.122. The molecule has 0 aliphatic heterocycles. The number of carbonyl (C=O) groups excluding carboxylic acids is 1. The van der Waals surface area contributed by atoms with Crippen LogP contribution in [0.15, 0.2) is 24.3 Å². The highest BCUT2D eigenvalue weighted by molar-refractivity contribution is 5.91. The summed E-state index contributed by atoms with van der Waals surface area (Å²) in [5.74, 6) is 0.762. The third-order valence-corrected chi connectivity index (χ3v) is 2.50. The van der Waals surface area contributed by atoms with Crippen molar-refractivity contribution in [3.8, 4) is 5.75 Å². The molecule has 1 rings (SSSR count). The molecule has 1 aromatic carbocycles. The van der Waals surface area contributed by atoms with Crippen LogP contribution in [-0.4, -0.2) is 39.4 Å². The zero-order chi connectivity index (χ0) is 14.3. The summed E-state index contributed by atoms with van der Waals surface area (Å²) in [4.78, 5) is 13.4. The number of anilines is 1. The van der Waals surface area contributed by atoms with Crippen LogP contribution >= 0.6 is 0 Å². The summed E-state index contributed by atoms with van der Waals surface area (Å²) in [6.07, 6.45) is 0. The molecule has 1 aromatic rings. The van der Waals surface area contributed by atoms with E-state index < -0.39 is 0 Å². The number of ether oxygens (including phenoxy) is 2. The number of hydrogen-bond donors (Lipinski definition) is 1. The Morgan fingerprint density at radius 3 is 2.42 bits per heavy atom. The first-order chi connectivity index (χ1) is 9.04. The third kappa shape index (κ3) is 5.18. The van der Waals surface area contributed by atoms with Crippen molar-refractivity contribution in [1.82, 2.24) is 5.32 Å². The summed E-state index contributed by atoms with van der Waals surface area (Å²) in [5, 5.41) is 2.84. The summed E-state index contributed by atoms with van der Waals surface area (Å²) in [6.45, 7) is 4.93. The van der Waals surface area contributed by atoms with Crippen LogP contribution in [0.2, 0.25) is 0 Å². The molecule has 19 heavy (non-hydrogen) atoms. The van der Waals surface area contributed by atoms with Gasteiger partial charge in [-0.3, -0.25) is 4.90 Å². The van der Waals surface area contributed by atoms with Gasteiger partial charge < -0.3 is 14.8 Å². The number of nitrogens with one attached hydrogen (secondary N) is 1. The molecular weight excluding hydrogens is 244 g/mol. The molecule has 0 fully saturated rings. The Labute approximate surface area is 114 Å². The Morgan fingerprint density at radius 2 is 1.89 bits per heavy atom. The molecule has 106 valence electrons. The van der Waals surface area contributed by atoms with E-state index in [-0.39, 0.29) is 12.1 Å². The quantitative estimate of drug-likeness (QED) is 0.804.